The van der Waals surface area contributed by atoms with Gasteiger partial charge in [0.25, 0.3) is 5.56 Å². The second kappa shape index (κ2) is 8.88. The van der Waals surface area contributed by atoms with Gasteiger partial charge in [-0.2, -0.15) is 9.50 Å². The molecule has 0 spiro atoms. The Morgan fingerprint density at radius 1 is 1.10 bits per heavy atom. The average molecular weight is 470 g/mol. The molecule has 29 heavy (non-hydrogen) atoms. The zero-order valence-electron chi connectivity index (χ0n) is 16.0. The predicted octanol–water partition coefficient (Wildman–Crippen LogP) is 4.70. The van der Waals surface area contributed by atoms with Gasteiger partial charge in [0, 0.05) is 10.0 Å². The molecule has 5 nitrogen and oxygen atoms in total. The molecule has 0 N–H and O–H groups in total. The Balaban J connectivity index is 1.55. The molecule has 0 amide bonds. The van der Waals surface area contributed by atoms with Crippen molar-refractivity contribution in [1.29, 1.82) is 0 Å². The average Bonchev–Trinajstić information content (AvgIpc) is 3.27. The minimum atomic E-state index is -0.152. The summed E-state index contributed by atoms with van der Waals surface area (Å²) >= 11 is 4.76. The molecule has 0 aliphatic heterocycles. The Hall–Kier alpha value is -2.51. The van der Waals surface area contributed by atoms with Crippen LogP contribution in [-0.4, -0.2) is 21.2 Å². The molecule has 2 heterocycles. The molecule has 2 aromatic heterocycles. The van der Waals surface area contributed by atoms with E-state index in [4.69, 9.17) is 4.74 Å². The fourth-order valence-electron chi connectivity index (χ4n) is 2.91. The van der Waals surface area contributed by atoms with E-state index in [1.54, 1.807) is 0 Å². The van der Waals surface area contributed by atoms with Crippen molar-refractivity contribution in [2.45, 2.75) is 26.2 Å². The molecule has 7 heteroatoms. The van der Waals surface area contributed by atoms with Crippen LogP contribution in [0.3, 0.4) is 0 Å². The predicted molar refractivity (Wildman–Crippen MR) is 121 cm³/mol. The number of fused-ring (bicyclic) bond motifs is 1. The molecule has 0 bridgehead atoms. The van der Waals surface area contributed by atoms with Crippen LogP contribution >= 0.6 is 27.3 Å². The molecule has 4 aromatic rings. The molecule has 0 saturated carbocycles. The van der Waals surface area contributed by atoms with Crippen molar-refractivity contribution in [3.8, 4) is 17.1 Å². The largest absolute Gasteiger partial charge is 0.494 e. The highest BCUT2D eigenvalue weighted by Crippen LogP contribution is 2.19. The van der Waals surface area contributed by atoms with Crippen molar-refractivity contribution < 1.29 is 4.74 Å². The number of nitrogens with zero attached hydrogens (tertiary/aromatic N) is 3. The Morgan fingerprint density at radius 2 is 1.86 bits per heavy atom. The number of unbranched alkanes of at least 4 members (excludes halogenated alkanes) is 2. The van der Waals surface area contributed by atoms with Crippen LogP contribution < -0.4 is 14.8 Å². The first-order chi connectivity index (χ1) is 14.1. The standard InChI is InChI=1S/C22H20BrN3O2S/c1-2-3-4-13-28-18-11-5-15(6-12-18)14-19-21(27)26-22(29-19)24-20(25-26)16-7-9-17(23)10-8-16/h5-12,14H,2-4,13H2,1H3. The topological polar surface area (TPSA) is 56.5 Å². The summed E-state index contributed by atoms with van der Waals surface area (Å²) in [6, 6.07) is 15.5. The third kappa shape index (κ3) is 4.57. The summed E-state index contributed by atoms with van der Waals surface area (Å²) in [5.41, 5.74) is 1.67. The van der Waals surface area contributed by atoms with Gasteiger partial charge >= 0.3 is 0 Å². The van der Waals surface area contributed by atoms with Crippen molar-refractivity contribution in [2.24, 2.45) is 0 Å². The van der Waals surface area contributed by atoms with E-state index in [9.17, 15) is 4.79 Å². The highest BCUT2D eigenvalue weighted by Gasteiger charge is 2.11. The Bertz CT molecular complexity index is 1210. The molecular formula is C22H20BrN3O2S. The van der Waals surface area contributed by atoms with Crippen molar-refractivity contribution in [2.75, 3.05) is 6.61 Å². The lowest BCUT2D eigenvalue weighted by Gasteiger charge is -2.05. The molecule has 0 unspecified atom stereocenters. The van der Waals surface area contributed by atoms with Gasteiger partial charge in [-0.3, -0.25) is 4.79 Å². The SMILES string of the molecule is CCCCCOc1ccc(C=c2sc3nc(-c4ccc(Br)cc4)nn3c2=O)cc1. The van der Waals surface area contributed by atoms with Crippen LogP contribution in [0, 0.1) is 0 Å². The molecule has 148 valence electrons. The van der Waals surface area contributed by atoms with E-state index in [0.29, 0.717) is 15.3 Å². The minimum absolute atomic E-state index is 0.152. The number of benzene rings is 2. The van der Waals surface area contributed by atoms with E-state index < -0.39 is 0 Å². The van der Waals surface area contributed by atoms with E-state index >= 15 is 0 Å². The zero-order chi connectivity index (χ0) is 20.2. The third-order valence-electron chi connectivity index (χ3n) is 4.48. The monoisotopic (exact) mass is 469 g/mol. The lowest BCUT2D eigenvalue weighted by atomic mass is 10.2. The van der Waals surface area contributed by atoms with Gasteiger partial charge in [-0.15, -0.1) is 5.10 Å². The van der Waals surface area contributed by atoms with E-state index in [1.807, 2.05) is 54.6 Å². The van der Waals surface area contributed by atoms with E-state index in [2.05, 4.69) is 32.9 Å². The lowest BCUT2D eigenvalue weighted by Crippen LogP contribution is -2.23. The van der Waals surface area contributed by atoms with Crippen molar-refractivity contribution >= 4 is 38.3 Å². The molecule has 2 aromatic carbocycles. The highest BCUT2D eigenvalue weighted by molar-refractivity contribution is 9.10. The summed E-state index contributed by atoms with van der Waals surface area (Å²) in [5, 5.41) is 4.39. The Morgan fingerprint density at radius 3 is 2.55 bits per heavy atom. The number of hydrogen-bond donors (Lipinski definition) is 0. The van der Waals surface area contributed by atoms with E-state index in [1.165, 1.54) is 28.7 Å². The Labute approximate surface area is 180 Å². The maximum absolute atomic E-state index is 12.7. The molecular weight excluding hydrogens is 450 g/mol. The van der Waals surface area contributed by atoms with Gasteiger partial charge in [0.05, 0.1) is 11.1 Å². The van der Waals surface area contributed by atoms with E-state index in [-0.39, 0.29) is 5.56 Å². The molecule has 0 fully saturated rings. The number of aromatic nitrogens is 3. The highest BCUT2D eigenvalue weighted by atomic mass is 79.9. The van der Waals surface area contributed by atoms with Crippen molar-refractivity contribution in [3.63, 3.8) is 0 Å². The van der Waals surface area contributed by atoms with Crippen LogP contribution in [0.2, 0.25) is 0 Å². The maximum atomic E-state index is 12.7. The summed E-state index contributed by atoms with van der Waals surface area (Å²) in [7, 11) is 0. The number of ether oxygens (including phenoxy) is 1. The summed E-state index contributed by atoms with van der Waals surface area (Å²) in [4.78, 5) is 17.8. The second-order valence-electron chi connectivity index (χ2n) is 6.68. The van der Waals surface area contributed by atoms with Gasteiger partial charge in [-0.05, 0) is 42.3 Å². The normalized spacial score (nSPS) is 12.0. The number of rotatable bonds is 7. The number of halogens is 1. The molecule has 0 aliphatic carbocycles. The summed E-state index contributed by atoms with van der Waals surface area (Å²) in [6.45, 7) is 2.91. The van der Waals surface area contributed by atoms with Gasteiger partial charge in [-0.25, -0.2) is 0 Å². The molecule has 4 rings (SSSR count). The van der Waals surface area contributed by atoms with Gasteiger partial charge in [-0.1, -0.05) is 71.3 Å². The summed E-state index contributed by atoms with van der Waals surface area (Å²) in [5.74, 6) is 1.40. The van der Waals surface area contributed by atoms with Crippen LogP contribution in [0.15, 0.2) is 57.8 Å². The summed E-state index contributed by atoms with van der Waals surface area (Å²) in [6.07, 6.45) is 5.28. The van der Waals surface area contributed by atoms with Crippen molar-refractivity contribution in [3.05, 3.63) is 73.5 Å². The van der Waals surface area contributed by atoms with Crippen LogP contribution in [0.4, 0.5) is 0 Å². The maximum Gasteiger partial charge on any atom is 0.291 e. The second-order valence-corrected chi connectivity index (χ2v) is 8.60. The molecule has 0 aliphatic rings. The number of thiazole rings is 1. The van der Waals surface area contributed by atoms with Crippen LogP contribution in [0.5, 0.6) is 5.75 Å². The Kier molecular flexibility index (Phi) is 6.06. The van der Waals surface area contributed by atoms with Gasteiger partial charge in [0.1, 0.15) is 5.75 Å². The first kappa shape index (κ1) is 19.8. The summed E-state index contributed by atoms with van der Waals surface area (Å²) < 4.78 is 8.71. The zero-order valence-corrected chi connectivity index (χ0v) is 18.4. The third-order valence-corrected chi connectivity index (χ3v) is 5.97. The molecule has 0 atom stereocenters. The first-order valence-corrected chi connectivity index (χ1v) is 11.1. The smallest absolute Gasteiger partial charge is 0.291 e. The molecule has 0 radical (unpaired) electrons. The quantitative estimate of drug-likeness (QED) is 0.368. The fraction of sp³-hybridized carbons (Fsp3) is 0.227. The first-order valence-electron chi connectivity index (χ1n) is 9.54. The van der Waals surface area contributed by atoms with Crippen LogP contribution in [-0.2, 0) is 0 Å². The fourth-order valence-corrected chi connectivity index (χ4v) is 4.08. The van der Waals surface area contributed by atoms with Crippen LogP contribution in [0.1, 0.15) is 31.7 Å². The molecule has 0 saturated heterocycles. The minimum Gasteiger partial charge on any atom is -0.494 e. The number of hydrogen-bond acceptors (Lipinski definition) is 5. The van der Waals surface area contributed by atoms with Gasteiger partial charge in [0.15, 0.2) is 5.82 Å². The van der Waals surface area contributed by atoms with Gasteiger partial charge < -0.3 is 4.74 Å². The lowest BCUT2D eigenvalue weighted by molar-refractivity contribution is 0.306. The van der Waals surface area contributed by atoms with E-state index in [0.717, 1.165) is 34.4 Å². The van der Waals surface area contributed by atoms with Crippen LogP contribution in [0.25, 0.3) is 22.4 Å². The van der Waals surface area contributed by atoms with Gasteiger partial charge in [0.2, 0.25) is 4.96 Å². The van der Waals surface area contributed by atoms with Crippen molar-refractivity contribution in [1.82, 2.24) is 14.6 Å².